The standard InChI is InChI=1S/C19H27ClN2O4S.C18H25ClN2O2.C14H19ClN2.C9H17NO2.C8H15NO2.C7H13NO/c1-13-10-16-14(11-15(13)20)19(12-22(16)27(5,24)25)6-8-21(9-7-19)17(23)26-18(2,3)4;1-12-9-15-13(10-14(12)19)18(11-20-15)5-7-21(8-6-18)16(22)23-17(2,3)4;1-10-7-13-11(8-12(10)15)14(9-16-13)3-5-17(2)6-4-14;1-3-12-9(11)8-4-6-10(2)7-5-8;1-2-11-8(10)7-3-5-9-6-4-7;1-8-4-2-7(6-9)3-5-8/h10-11H,6-9,12H2,1-5H3;9-10,20H,5-8,11H2,1-4H3;7-8,16H,3-6,9H2,1-2H3;8H,3-7H2,1-2H3;7,9H,2-6H2,1H3;6-7H,2-5H2,1H3. The molecule has 3 aromatic rings. The van der Waals surface area contributed by atoms with Gasteiger partial charge in [-0.2, -0.15) is 0 Å². The highest BCUT2D eigenvalue weighted by molar-refractivity contribution is 7.92. The maximum absolute atomic E-state index is 12.4. The number of rotatable bonds is 6. The molecule has 12 rings (SSSR count). The second-order valence-corrected chi connectivity index (χ2v) is 34.0. The molecular formula is C75H116Cl3N9O11S. The van der Waals surface area contributed by atoms with Crippen molar-refractivity contribution in [1.29, 1.82) is 0 Å². The maximum Gasteiger partial charge on any atom is 0.410 e. The third-order valence-corrected chi connectivity index (χ3v) is 23.2. The molecule has 2 amide bonds. The number of likely N-dealkylation sites (tertiary alicyclic amines) is 5. The van der Waals surface area contributed by atoms with Crippen molar-refractivity contribution >= 4 is 92.3 Å². The monoisotopic (exact) mass is 1460 g/mol. The zero-order chi connectivity index (χ0) is 72.8. The Morgan fingerprint density at radius 1 is 0.535 bits per heavy atom. The summed E-state index contributed by atoms with van der Waals surface area (Å²) in [7, 11) is 3.00. The first-order valence-electron chi connectivity index (χ1n) is 35.9. The first kappa shape index (κ1) is 81.2. The van der Waals surface area contributed by atoms with Gasteiger partial charge in [-0.3, -0.25) is 13.9 Å². The lowest BCUT2D eigenvalue weighted by atomic mass is 9.74. The van der Waals surface area contributed by atoms with E-state index in [1.165, 1.54) is 64.6 Å². The van der Waals surface area contributed by atoms with Crippen LogP contribution in [-0.4, -0.2) is 213 Å². The smallest absolute Gasteiger partial charge is 0.410 e. The highest BCUT2D eigenvalue weighted by atomic mass is 35.5. The summed E-state index contributed by atoms with van der Waals surface area (Å²) in [6.45, 7) is 35.3. The highest BCUT2D eigenvalue weighted by Gasteiger charge is 2.49. The Balaban J connectivity index is 0.000000174. The van der Waals surface area contributed by atoms with Gasteiger partial charge in [0.15, 0.2) is 0 Å². The number of benzene rings is 3. The average molecular weight is 1460 g/mol. The van der Waals surface area contributed by atoms with Crippen LogP contribution in [0.5, 0.6) is 0 Å². The molecule has 554 valence electrons. The molecule has 0 aromatic heterocycles. The highest BCUT2D eigenvalue weighted by Crippen LogP contribution is 2.51. The minimum atomic E-state index is -3.39. The quantitative estimate of drug-likeness (QED) is 0.119. The van der Waals surface area contributed by atoms with E-state index in [-0.39, 0.29) is 46.8 Å². The number of amides is 2. The molecule has 3 spiro atoms. The molecule has 20 nitrogen and oxygen atoms in total. The summed E-state index contributed by atoms with van der Waals surface area (Å²) in [5, 5.41) is 12.7. The fraction of sp³-hybridized carbons (Fsp3) is 0.693. The van der Waals surface area contributed by atoms with E-state index in [2.05, 4.69) is 83.0 Å². The summed E-state index contributed by atoms with van der Waals surface area (Å²) in [6.07, 6.45) is 13.4. The van der Waals surface area contributed by atoms with Gasteiger partial charge in [0.25, 0.3) is 0 Å². The number of carbonyl (C=O) groups is 5. The predicted octanol–water partition coefficient (Wildman–Crippen LogP) is 13.0. The molecule has 3 N–H and O–H groups in total. The third-order valence-electron chi connectivity index (χ3n) is 20.9. The van der Waals surface area contributed by atoms with Gasteiger partial charge in [0.05, 0.1) is 37.0 Å². The number of aldehydes is 1. The maximum atomic E-state index is 12.4. The molecule has 0 saturated carbocycles. The van der Waals surface area contributed by atoms with Gasteiger partial charge in [0, 0.05) is 94.4 Å². The normalized spacial score (nSPS) is 20.6. The molecule has 9 heterocycles. The zero-order valence-corrected chi connectivity index (χ0v) is 65.1. The van der Waals surface area contributed by atoms with Crippen molar-refractivity contribution in [2.45, 2.75) is 181 Å². The summed E-state index contributed by atoms with van der Waals surface area (Å²) in [4.78, 5) is 67.7. The van der Waals surface area contributed by atoms with Crippen molar-refractivity contribution in [2.24, 2.45) is 17.8 Å². The Kier molecular flexibility index (Phi) is 29.0. The molecule has 99 heavy (non-hydrogen) atoms. The lowest BCUT2D eigenvalue weighted by molar-refractivity contribution is -0.150. The number of hydrogen-bond donors (Lipinski definition) is 3. The number of carbonyl (C=O) groups excluding carboxylic acids is 5. The minimum absolute atomic E-state index is 0.00870. The molecule has 0 unspecified atom stereocenters. The third kappa shape index (κ3) is 22.2. The topological polar surface area (TPSA) is 212 Å². The Morgan fingerprint density at radius 3 is 1.29 bits per heavy atom. The molecule has 0 bridgehead atoms. The molecular weight excluding hydrogens is 1340 g/mol. The van der Waals surface area contributed by atoms with Crippen molar-refractivity contribution < 1.29 is 51.3 Å². The zero-order valence-electron chi connectivity index (χ0n) is 62.0. The summed E-state index contributed by atoms with van der Waals surface area (Å²) in [5.41, 5.74) is 9.16. The van der Waals surface area contributed by atoms with Gasteiger partial charge in [0.1, 0.15) is 17.5 Å². The lowest BCUT2D eigenvalue weighted by Gasteiger charge is -2.40. The van der Waals surface area contributed by atoms with E-state index < -0.39 is 21.2 Å². The van der Waals surface area contributed by atoms with Gasteiger partial charge in [-0.05, 0) is 296 Å². The Labute approximate surface area is 606 Å². The number of nitrogens with zero attached hydrogens (tertiary/aromatic N) is 6. The van der Waals surface area contributed by atoms with Gasteiger partial charge in [-0.15, -0.1) is 0 Å². The number of fused-ring (bicyclic) bond motifs is 6. The Hall–Kier alpha value is -5.13. The molecule has 3 aromatic carbocycles. The number of esters is 2. The number of piperidine rings is 6. The molecule has 9 aliphatic heterocycles. The van der Waals surface area contributed by atoms with Crippen LogP contribution in [0.3, 0.4) is 0 Å². The van der Waals surface area contributed by atoms with E-state index in [0.29, 0.717) is 67.7 Å². The molecule has 6 saturated heterocycles. The van der Waals surface area contributed by atoms with Crippen LogP contribution in [0.1, 0.15) is 166 Å². The Bertz CT molecular complexity index is 3340. The number of ether oxygens (including phenoxy) is 4. The summed E-state index contributed by atoms with van der Waals surface area (Å²) in [5.74, 6) is 0.623. The van der Waals surface area contributed by atoms with Gasteiger partial charge >= 0.3 is 24.1 Å². The fourth-order valence-corrected chi connectivity index (χ4v) is 16.0. The van der Waals surface area contributed by atoms with E-state index in [0.717, 1.165) is 150 Å². The SMILES string of the molecule is CCOC(=O)C1CCN(C)CC1.CCOC(=O)C1CCNCC1.CN1CCC(C=O)CC1.Cc1cc2c(cc1Cl)C1(CCN(C(=O)OC(C)(C)C)CC1)CN2.Cc1cc2c(cc1Cl)C1(CCN(C(=O)OC(C)(C)C)CC1)CN2S(C)(=O)=O.Cc1cc2c(cc1Cl)C1(CCN(C)CC1)CN2. The van der Waals surface area contributed by atoms with Gasteiger partial charge in [-0.1, -0.05) is 34.8 Å². The number of aryl methyl sites for hydroxylation is 3. The summed E-state index contributed by atoms with van der Waals surface area (Å²) in [6, 6.07) is 12.4. The van der Waals surface area contributed by atoms with Crippen molar-refractivity contribution in [3.8, 4) is 0 Å². The second-order valence-electron chi connectivity index (χ2n) is 30.9. The molecule has 0 radical (unpaired) electrons. The van der Waals surface area contributed by atoms with E-state index in [1.807, 2.05) is 86.3 Å². The van der Waals surface area contributed by atoms with Crippen LogP contribution in [-0.2, 0) is 59.6 Å². The minimum Gasteiger partial charge on any atom is -0.466 e. The molecule has 6 fully saturated rings. The number of sulfonamides is 1. The summed E-state index contributed by atoms with van der Waals surface area (Å²) < 4.78 is 47.0. The molecule has 9 aliphatic rings. The van der Waals surface area contributed by atoms with Crippen molar-refractivity contribution in [2.75, 3.05) is 154 Å². The van der Waals surface area contributed by atoms with Gasteiger partial charge in [-0.25, -0.2) is 18.0 Å². The number of hydrogen-bond acceptors (Lipinski definition) is 17. The van der Waals surface area contributed by atoms with Crippen LogP contribution in [0.25, 0.3) is 0 Å². The van der Waals surface area contributed by atoms with E-state index in [9.17, 15) is 32.4 Å². The first-order valence-corrected chi connectivity index (χ1v) is 38.9. The van der Waals surface area contributed by atoms with E-state index in [4.69, 9.17) is 53.8 Å². The van der Waals surface area contributed by atoms with Gasteiger partial charge < -0.3 is 64.2 Å². The largest absolute Gasteiger partial charge is 0.466 e. The Morgan fingerprint density at radius 2 is 0.899 bits per heavy atom. The van der Waals surface area contributed by atoms with Crippen LogP contribution >= 0.6 is 34.8 Å². The number of nitrogens with one attached hydrogen (secondary N) is 3. The van der Waals surface area contributed by atoms with E-state index >= 15 is 0 Å². The summed E-state index contributed by atoms with van der Waals surface area (Å²) >= 11 is 19.0. The molecule has 0 atom stereocenters. The van der Waals surface area contributed by atoms with E-state index in [1.54, 1.807) is 4.90 Å². The fourth-order valence-electron chi connectivity index (χ4n) is 14.5. The average Bonchev–Trinajstić information content (AvgIpc) is 1.59. The number of anilines is 3. The first-order chi connectivity index (χ1) is 46.5. The van der Waals surface area contributed by atoms with Crippen LogP contribution < -0.4 is 20.3 Å². The van der Waals surface area contributed by atoms with Crippen LogP contribution in [0.2, 0.25) is 15.1 Å². The lowest BCUT2D eigenvalue weighted by Crippen LogP contribution is -2.48. The molecule has 0 aliphatic carbocycles. The predicted molar refractivity (Wildman–Crippen MR) is 399 cm³/mol. The second kappa shape index (κ2) is 35.4. The van der Waals surface area contributed by atoms with Crippen LogP contribution in [0.15, 0.2) is 36.4 Å². The van der Waals surface area contributed by atoms with Crippen LogP contribution in [0, 0.1) is 38.5 Å². The molecule has 24 heteroatoms. The van der Waals surface area contributed by atoms with Gasteiger partial charge in [0.2, 0.25) is 10.0 Å². The van der Waals surface area contributed by atoms with Crippen molar-refractivity contribution in [3.05, 3.63) is 84.8 Å². The van der Waals surface area contributed by atoms with Crippen molar-refractivity contribution in [1.82, 2.24) is 29.8 Å². The van der Waals surface area contributed by atoms with Crippen LogP contribution in [0.4, 0.5) is 26.7 Å². The van der Waals surface area contributed by atoms with Crippen molar-refractivity contribution in [3.63, 3.8) is 0 Å². The number of halogens is 3.